The Bertz CT molecular complexity index is 757. The molecule has 1 saturated heterocycles. The molecular formula is C21H25ClN2O2. The van der Waals surface area contributed by atoms with Gasteiger partial charge < -0.3 is 14.5 Å². The zero-order valence-corrected chi connectivity index (χ0v) is 16.1. The number of ether oxygens (including phenoxy) is 1. The molecule has 138 valence electrons. The zero-order chi connectivity index (χ0) is 18.5. The van der Waals surface area contributed by atoms with Crippen molar-refractivity contribution in [2.75, 3.05) is 31.1 Å². The highest BCUT2D eigenvalue weighted by Crippen LogP contribution is 2.22. The normalized spacial score (nSPS) is 15.7. The molecule has 1 fully saturated rings. The summed E-state index contributed by atoms with van der Waals surface area (Å²) >= 11 is 6.08. The summed E-state index contributed by atoms with van der Waals surface area (Å²) in [5, 5.41) is 0.735. The molecule has 0 radical (unpaired) electrons. The molecule has 4 nitrogen and oxygen atoms in total. The van der Waals surface area contributed by atoms with Crippen LogP contribution >= 0.6 is 11.6 Å². The minimum Gasteiger partial charge on any atom is -0.481 e. The number of halogens is 1. The molecule has 1 atom stereocenters. The van der Waals surface area contributed by atoms with Crippen molar-refractivity contribution in [2.45, 2.75) is 26.4 Å². The van der Waals surface area contributed by atoms with E-state index in [9.17, 15) is 4.79 Å². The van der Waals surface area contributed by atoms with Gasteiger partial charge in [-0.05, 0) is 49.2 Å². The molecule has 5 heteroatoms. The molecule has 2 aromatic rings. The van der Waals surface area contributed by atoms with Crippen LogP contribution in [0, 0.1) is 6.92 Å². The number of rotatable bonds is 5. The number of hydrogen-bond donors (Lipinski definition) is 0. The standard InChI is InChI=1S/C21H25ClN2O2/c1-3-20(26-19-9-4-6-16(2)14-19)21(25)24-12-10-23(11-13-24)18-8-5-7-17(22)15-18/h4-9,14-15,20H,3,10-13H2,1-2H3/t20-/m1/s1. The molecule has 0 aromatic heterocycles. The van der Waals surface area contributed by atoms with Gasteiger partial charge in [-0.25, -0.2) is 0 Å². The Hall–Kier alpha value is -2.20. The molecule has 1 heterocycles. The minimum absolute atomic E-state index is 0.0692. The van der Waals surface area contributed by atoms with Crippen LogP contribution in [-0.4, -0.2) is 43.1 Å². The summed E-state index contributed by atoms with van der Waals surface area (Å²) in [6.07, 6.45) is 0.218. The van der Waals surface area contributed by atoms with Crippen molar-refractivity contribution in [3.63, 3.8) is 0 Å². The lowest BCUT2D eigenvalue weighted by atomic mass is 10.2. The molecule has 1 aliphatic rings. The average molecular weight is 373 g/mol. The highest BCUT2D eigenvalue weighted by molar-refractivity contribution is 6.30. The van der Waals surface area contributed by atoms with Crippen LogP contribution in [0.25, 0.3) is 0 Å². The summed E-state index contributed by atoms with van der Waals surface area (Å²) in [6, 6.07) is 15.7. The van der Waals surface area contributed by atoms with Crippen LogP contribution in [0.15, 0.2) is 48.5 Å². The van der Waals surface area contributed by atoms with Crippen molar-refractivity contribution in [3.05, 3.63) is 59.1 Å². The van der Waals surface area contributed by atoms with Crippen molar-refractivity contribution < 1.29 is 9.53 Å². The Morgan fingerprint density at radius 2 is 1.85 bits per heavy atom. The van der Waals surface area contributed by atoms with Crippen LogP contribution in [0.1, 0.15) is 18.9 Å². The van der Waals surface area contributed by atoms with Crippen LogP contribution in [0.4, 0.5) is 5.69 Å². The topological polar surface area (TPSA) is 32.8 Å². The number of benzene rings is 2. The largest absolute Gasteiger partial charge is 0.481 e. The van der Waals surface area contributed by atoms with Crippen LogP contribution in [0.2, 0.25) is 5.02 Å². The van der Waals surface area contributed by atoms with Crippen molar-refractivity contribution in [1.29, 1.82) is 0 Å². The van der Waals surface area contributed by atoms with Crippen LogP contribution in [-0.2, 0) is 4.79 Å². The van der Waals surface area contributed by atoms with E-state index in [-0.39, 0.29) is 5.91 Å². The molecule has 26 heavy (non-hydrogen) atoms. The maximum atomic E-state index is 12.9. The van der Waals surface area contributed by atoms with E-state index in [1.807, 2.05) is 61.2 Å². The van der Waals surface area contributed by atoms with Gasteiger partial charge in [-0.1, -0.05) is 36.7 Å². The van der Waals surface area contributed by atoms with E-state index in [1.165, 1.54) is 0 Å². The summed E-state index contributed by atoms with van der Waals surface area (Å²) in [6.45, 7) is 6.99. The third-order valence-electron chi connectivity index (χ3n) is 4.68. The maximum absolute atomic E-state index is 12.9. The fourth-order valence-corrected chi connectivity index (χ4v) is 3.41. The predicted octanol–water partition coefficient (Wildman–Crippen LogP) is 4.15. The van der Waals surface area contributed by atoms with Crippen LogP contribution in [0.5, 0.6) is 5.75 Å². The monoisotopic (exact) mass is 372 g/mol. The highest BCUT2D eigenvalue weighted by atomic mass is 35.5. The number of hydrogen-bond acceptors (Lipinski definition) is 3. The predicted molar refractivity (Wildman–Crippen MR) is 106 cm³/mol. The first-order valence-corrected chi connectivity index (χ1v) is 9.47. The fraction of sp³-hybridized carbons (Fsp3) is 0.381. The third-order valence-corrected chi connectivity index (χ3v) is 4.91. The van der Waals surface area contributed by atoms with Gasteiger partial charge >= 0.3 is 0 Å². The van der Waals surface area contributed by atoms with Crippen molar-refractivity contribution in [3.8, 4) is 5.75 Å². The van der Waals surface area contributed by atoms with E-state index >= 15 is 0 Å². The fourth-order valence-electron chi connectivity index (χ4n) is 3.22. The van der Waals surface area contributed by atoms with E-state index in [0.29, 0.717) is 19.5 Å². The van der Waals surface area contributed by atoms with E-state index in [4.69, 9.17) is 16.3 Å². The second kappa shape index (κ2) is 8.45. The lowest BCUT2D eigenvalue weighted by Gasteiger charge is -2.37. The van der Waals surface area contributed by atoms with Gasteiger partial charge in [0.1, 0.15) is 5.75 Å². The van der Waals surface area contributed by atoms with E-state index in [1.54, 1.807) is 0 Å². The number of amides is 1. The number of anilines is 1. The number of carbonyl (C=O) groups excluding carboxylic acids is 1. The third kappa shape index (κ3) is 4.50. The Morgan fingerprint density at radius 3 is 2.50 bits per heavy atom. The van der Waals surface area contributed by atoms with Gasteiger partial charge in [0.25, 0.3) is 5.91 Å². The number of nitrogens with zero attached hydrogens (tertiary/aromatic N) is 2. The number of carbonyl (C=O) groups is 1. The first-order valence-electron chi connectivity index (χ1n) is 9.09. The van der Waals surface area contributed by atoms with Crippen molar-refractivity contribution >= 4 is 23.2 Å². The van der Waals surface area contributed by atoms with E-state index in [2.05, 4.69) is 11.0 Å². The minimum atomic E-state index is -0.436. The first kappa shape index (κ1) is 18.6. The summed E-state index contributed by atoms with van der Waals surface area (Å²) in [5.41, 5.74) is 2.23. The second-order valence-corrected chi connectivity index (χ2v) is 7.06. The van der Waals surface area contributed by atoms with Crippen molar-refractivity contribution in [1.82, 2.24) is 4.90 Å². The van der Waals surface area contributed by atoms with Crippen LogP contribution in [0.3, 0.4) is 0 Å². The van der Waals surface area contributed by atoms with Gasteiger partial charge in [0.05, 0.1) is 0 Å². The molecule has 0 aliphatic carbocycles. The van der Waals surface area contributed by atoms with Gasteiger partial charge in [-0.15, -0.1) is 0 Å². The van der Waals surface area contributed by atoms with Gasteiger partial charge in [0.15, 0.2) is 6.10 Å². The molecule has 2 aromatic carbocycles. The molecular weight excluding hydrogens is 348 g/mol. The molecule has 0 bridgehead atoms. The molecule has 0 unspecified atom stereocenters. The molecule has 0 saturated carbocycles. The average Bonchev–Trinajstić information content (AvgIpc) is 2.66. The smallest absolute Gasteiger partial charge is 0.263 e. The first-order chi connectivity index (χ1) is 12.6. The van der Waals surface area contributed by atoms with Crippen molar-refractivity contribution in [2.24, 2.45) is 0 Å². The Labute approximate surface area is 160 Å². The number of piperazine rings is 1. The van der Waals surface area contributed by atoms with E-state index < -0.39 is 6.10 Å². The summed E-state index contributed by atoms with van der Waals surface area (Å²) in [4.78, 5) is 17.0. The quantitative estimate of drug-likeness (QED) is 0.790. The molecule has 3 rings (SSSR count). The second-order valence-electron chi connectivity index (χ2n) is 6.62. The Kier molecular flexibility index (Phi) is 6.04. The van der Waals surface area contributed by atoms with Gasteiger partial charge in [-0.2, -0.15) is 0 Å². The van der Waals surface area contributed by atoms with Gasteiger partial charge in [-0.3, -0.25) is 4.79 Å². The number of aryl methyl sites for hydroxylation is 1. The molecule has 0 N–H and O–H groups in total. The van der Waals surface area contributed by atoms with Crippen LogP contribution < -0.4 is 9.64 Å². The molecule has 1 amide bonds. The maximum Gasteiger partial charge on any atom is 0.263 e. The molecule has 1 aliphatic heterocycles. The summed E-state index contributed by atoms with van der Waals surface area (Å²) < 4.78 is 5.96. The molecule has 0 spiro atoms. The zero-order valence-electron chi connectivity index (χ0n) is 15.3. The highest BCUT2D eigenvalue weighted by Gasteiger charge is 2.28. The lowest BCUT2D eigenvalue weighted by molar-refractivity contribution is -0.139. The summed E-state index contributed by atoms with van der Waals surface area (Å²) in [5.74, 6) is 0.822. The van der Waals surface area contributed by atoms with Gasteiger partial charge in [0, 0.05) is 36.9 Å². The van der Waals surface area contributed by atoms with E-state index in [0.717, 1.165) is 35.1 Å². The SMILES string of the molecule is CC[C@@H](Oc1cccc(C)c1)C(=O)N1CCN(c2cccc(Cl)c2)CC1. The Morgan fingerprint density at radius 1 is 1.12 bits per heavy atom. The Balaban J connectivity index is 1.59. The summed E-state index contributed by atoms with van der Waals surface area (Å²) in [7, 11) is 0. The lowest BCUT2D eigenvalue weighted by Crippen LogP contribution is -2.52. The van der Waals surface area contributed by atoms with Gasteiger partial charge in [0.2, 0.25) is 0 Å².